The van der Waals surface area contributed by atoms with E-state index in [1.54, 1.807) is 12.1 Å². The molecule has 0 spiro atoms. The van der Waals surface area contributed by atoms with Crippen LogP contribution in [0.15, 0.2) is 16.8 Å². The van der Waals surface area contributed by atoms with Crippen molar-refractivity contribution >= 4 is 16.7 Å². The van der Waals surface area contributed by atoms with Crippen molar-refractivity contribution < 1.29 is 40.5 Å². The van der Waals surface area contributed by atoms with Crippen molar-refractivity contribution in [3.05, 3.63) is 27.8 Å². The molecule has 0 saturated heterocycles. The monoisotopic (exact) mass is 253 g/mol. The number of hydrogen-bond acceptors (Lipinski definition) is 7. The Morgan fingerprint density at radius 3 is 2.50 bits per heavy atom. The predicted octanol–water partition coefficient (Wildman–Crippen LogP) is -1.62. The van der Waals surface area contributed by atoms with Crippen molar-refractivity contribution in [2.75, 3.05) is 0 Å². The van der Waals surface area contributed by atoms with Crippen molar-refractivity contribution in [3.63, 3.8) is 0 Å². The van der Waals surface area contributed by atoms with E-state index < -0.39 is 10.8 Å². The second-order valence-corrected chi connectivity index (χ2v) is 3.08. The summed E-state index contributed by atoms with van der Waals surface area (Å²) in [6, 6.07) is 5.99. The molecule has 84 valence electrons. The molecule has 0 atom stereocenters. The van der Waals surface area contributed by atoms with Gasteiger partial charge in [-0.25, -0.2) is 4.63 Å². The van der Waals surface area contributed by atoms with E-state index in [2.05, 4.69) is 14.9 Å². The van der Waals surface area contributed by atoms with Gasteiger partial charge in [-0.15, -0.1) is 0 Å². The summed E-state index contributed by atoms with van der Waals surface area (Å²) in [4.78, 5) is 10.1. The van der Waals surface area contributed by atoms with Gasteiger partial charge in [0, 0.05) is 11.6 Å². The predicted molar refractivity (Wildman–Crippen MR) is 53.5 cm³/mol. The van der Waals surface area contributed by atoms with Crippen molar-refractivity contribution in [2.24, 2.45) is 0 Å². The number of fused-ring (bicyclic) bond motifs is 1. The van der Waals surface area contributed by atoms with E-state index in [0.717, 1.165) is 0 Å². The Labute approximate surface area is 124 Å². The van der Waals surface area contributed by atoms with Gasteiger partial charge in [0.2, 0.25) is 5.52 Å². The van der Waals surface area contributed by atoms with Crippen LogP contribution in [-0.2, 0) is 0 Å². The maximum atomic E-state index is 10.7. The molecule has 0 aliphatic rings. The molecule has 2 aromatic rings. The third-order valence-corrected chi connectivity index (χ3v) is 2.19. The second kappa shape index (κ2) is 5.56. The van der Waals surface area contributed by atoms with Crippen LogP contribution in [0.1, 0.15) is 12.9 Å². The SMILES string of the molecule is N#CC(C#N)c1ccc([N+](=O)[O-])c2nonc12.[H-].[Na+]. The molecule has 0 unspecified atom stereocenters. The molecule has 0 radical (unpaired) electrons. The van der Waals surface area contributed by atoms with Crippen LogP contribution < -0.4 is 29.6 Å². The van der Waals surface area contributed by atoms with Gasteiger partial charge in [0.1, 0.15) is 5.52 Å². The van der Waals surface area contributed by atoms with Gasteiger partial charge in [-0.2, -0.15) is 10.5 Å². The summed E-state index contributed by atoms with van der Waals surface area (Å²) in [5, 5.41) is 35.1. The van der Waals surface area contributed by atoms with Crippen LogP contribution in [0.2, 0.25) is 0 Å². The van der Waals surface area contributed by atoms with E-state index in [1.165, 1.54) is 12.1 Å². The number of non-ortho nitro benzene ring substituents is 1. The molecule has 1 heterocycles. The molecule has 0 fully saturated rings. The number of nitro groups is 1. The van der Waals surface area contributed by atoms with Crippen LogP contribution in [0.3, 0.4) is 0 Å². The van der Waals surface area contributed by atoms with Crippen molar-refractivity contribution in [2.45, 2.75) is 5.92 Å². The molecule has 0 N–H and O–H groups in total. The molecule has 18 heavy (non-hydrogen) atoms. The molecule has 0 amide bonds. The third kappa shape index (κ3) is 2.17. The summed E-state index contributed by atoms with van der Waals surface area (Å²) in [5.74, 6) is -1.06. The number of aromatic nitrogens is 2. The van der Waals surface area contributed by atoms with Crippen molar-refractivity contribution in [3.8, 4) is 12.1 Å². The van der Waals surface area contributed by atoms with E-state index in [9.17, 15) is 10.1 Å². The molecule has 0 aliphatic carbocycles. The molecule has 0 aliphatic heterocycles. The number of benzene rings is 1. The zero-order chi connectivity index (χ0) is 12.4. The van der Waals surface area contributed by atoms with E-state index in [-0.39, 0.29) is 53.3 Å². The van der Waals surface area contributed by atoms with Gasteiger partial charge in [-0.1, -0.05) is 0 Å². The minimum atomic E-state index is -1.06. The minimum absolute atomic E-state index is 0. The zero-order valence-electron chi connectivity index (χ0n) is 10.2. The number of nitro benzene ring substituents is 1. The first kappa shape index (κ1) is 14.1. The molecular formula is C9H4N5NaO3. The van der Waals surface area contributed by atoms with Crippen LogP contribution in [0, 0.1) is 32.8 Å². The first-order valence-electron chi connectivity index (χ1n) is 4.38. The summed E-state index contributed by atoms with van der Waals surface area (Å²) in [5.41, 5.74) is -0.0354. The average Bonchev–Trinajstić information content (AvgIpc) is 2.79. The standard InChI is InChI=1S/C9H3N5O3.Na.H/c10-3-5(4-11)6-1-2-7(14(15)16)9-8(6)12-17-13-9;;/h1-2,5H;;/q;+1;-1. The Balaban J connectivity index is 0.00000162. The molecule has 1 aromatic carbocycles. The average molecular weight is 253 g/mol. The van der Waals surface area contributed by atoms with Gasteiger partial charge in [-0.05, 0) is 16.4 Å². The van der Waals surface area contributed by atoms with Crippen LogP contribution >= 0.6 is 0 Å². The first-order chi connectivity index (χ1) is 8.19. The van der Waals surface area contributed by atoms with E-state index >= 15 is 0 Å². The van der Waals surface area contributed by atoms with Gasteiger partial charge in [0.15, 0.2) is 5.92 Å². The van der Waals surface area contributed by atoms with Gasteiger partial charge in [0.05, 0.1) is 17.1 Å². The van der Waals surface area contributed by atoms with Crippen LogP contribution in [0.25, 0.3) is 11.0 Å². The Morgan fingerprint density at radius 2 is 1.94 bits per heavy atom. The topological polar surface area (TPSA) is 130 Å². The van der Waals surface area contributed by atoms with Crippen LogP contribution in [0.5, 0.6) is 0 Å². The molecule has 0 bridgehead atoms. The summed E-state index contributed by atoms with van der Waals surface area (Å²) in [6.45, 7) is 0. The quantitative estimate of drug-likeness (QED) is 0.357. The van der Waals surface area contributed by atoms with Crippen molar-refractivity contribution in [1.29, 1.82) is 10.5 Å². The molecule has 8 nitrogen and oxygen atoms in total. The first-order valence-corrected chi connectivity index (χ1v) is 4.38. The second-order valence-electron chi connectivity index (χ2n) is 3.08. The normalized spacial score (nSPS) is 9.50. The Morgan fingerprint density at radius 1 is 1.33 bits per heavy atom. The van der Waals surface area contributed by atoms with Gasteiger partial charge < -0.3 is 1.43 Å². The number of nitrogens with zero attached hydrogens (tertiary/aromatic N) is 5. The summed E-state index contributed by atoms with van der Waals surface area (Å²) in [6.07, 6.45) is 0. The number of hydrogen-bond donors (Lipinski definition) is 0. The fourth-order valence-electron chi connectivity index (χ4n) is 1.42. The molecule has 2 rings (SSSR count). The fraction of sp³-hybridized carbons (Fsp3) is 0.111. The van der Waals surface area contributed by atoms with Gasteiger partial charge in [0.25, 0.3) is 0 Å². The molecular weight excluding hydrogens is 249 g/mol. The number of rotatable bonds is 2. The largest absolute Gasteiger partial charge is 1.00 e. The summed E-state index contributed by atoms with van der Waals surface area (Å²) >= 11 is 0. The van der Waals surface area contributed by atoms with Crippen LogP contribution in [0.4, 0.5) is 5.69 Å². The minimum Gasteiger partial charge on any atom is -1.00 e. The molecule has 1 aromatic heterocycles. The third-order valence-electron chi connectivity index (χ3n) is 2.19. The van der Waals surface area contributed by atoms with E-state index in [1.807, 2.05) is 0 Å². The van der Waals surface area contributed by atoms with Gasteiger partial charge >= 0.3 is 35.2 Å². The van der Waals surface area contributed by atoms with Gasteiger partial charge in [-0.3, -0.25) is 10.1 Å². The Kier molecular flexibility index (Phi) is 4.34. The maximum absolute atomic E-state index is 10.7. The maximum Gasteiger partial charge on any atom is 1.00 e. The van der Waals surface area contributed by atoms with E-state index in [0.29, 0.717) is 0 Å². The zero-order valence-corrected chi connectivity index (χ0v) is 11.2. The van der Waals surface area contributed by atoms with E-state index in [4.69, 9.17) is 10.5 Å². The molecule has 9 heteroatoms. The smallest absolute Gasteiger partial charge is 1.00 e. The fourth-order valence-corrected chi connectivity index (χ4v) is 1.42. The molecule has 0 saturated carbocycles. The Bertz CT molecular complexity index is 675. The number of nitriles is 2. The summed E-state index contributed by atoms with van der Waals surface area (Å²) in [7, 11) is 0. The van der Waals surface area contributed by atoms with Crippen LogP contribution in [-0.4, -0.2) is 15.2 Å². The summed E-state index contributed by atoms with van der Waals surface area (Å²) < 4.78 is 4.41. The van der Waals surface area contributed by atoms with Crippen molar-refractivity contribution in [1.82, 2.24) is 10.3 Å². The Hall–Kier alpha value is -2.00.